The molecule has 0 saturated carbocycles. The van der Waals surface area contributed by atoms with Crippen molar-refractivity contribution in [2.24, 2.45) is 0 Å². The summed E-state index contributed by atoms with van der Waals surface area (Å²) < 4.78 is 0. The zero-order chi connectivity index (χ0) is 17.6. The molecule has 0 aromatic rings. The largest absolute Gasteiger partial charge is 0.303 e. The lowest BCUT2D eigenvalue weighted by atomic mass is 10.0. The molecule has 0 spiro atoms. The second-order valence-electron chi connectivity index (χ2n) is 7.23. The summed E-state index contributed by atoms with van der Waals surface area (Å²) in [6.07, 6.45) is 26.6. The molecule has 0 N–H and O–H groups in total. The van der Waals surface area contributed by atoms with Crippen LogP contribution in [0.2, 0.25) is 0 Å². The normalized spacial score (nSPS) is 10.6. The summed E-state index contributed by atoms with van der Waals surface area (Å²) >= 11 is 0. The minimum atomic E-state index is 0.738. The van der Waals surface area contributed by atoms with Crippen LogP contribution in [0.3, 0.4) is 0 Å². The number of carbonyl (C=O) groups is 1. The minimum absolute atomic E-state index is 0.738. The SMILES string of the molecule is N#CCCCCCCCCCCCCCCCCCCCCC=O. The Morgan fingerprint density at radius 3 is 1.08 bits per heavy atom. The summed E-state index contributed by atoms with van der Waals surface area (Å²) in [4.78, 5) is 10.2. The lowest BCUT2D eigenvalue weighted by Crippen LogP contribution is -1.84. The van der Waals surface area contributed by atoms with E-state index in [1.54, 1.807) is 0 Å². The molecule has 2 heteroatoms. The van der Waals surface area contributed by atoms with E-state index in [-0.39, 0.29) is 0 Å². The Morgan fingerprint density at radius 1 is 0.500 bits per heavy atom. The van der Waals surface area contributed by atoms with Crippen molar-refractivity contribution in [2.75, 3.05) is 0 Å². The van der Waals surface area contributed by atoms with Crippen LogP contribution in [0.15, 0.2) is 0 Å². The van der Waals surface area contributed by atoms with E-state index in [0.717, 1.165) is 32.0 Å². The van der Waals surface area contributed by atoms with Gasteiger partial charge in [-0.3, -0.25) is 0 Å². The van der Waals surface area contributed by atoms with Crippen LogP contribution in [-0.2, 0) is 4.79 Å². The van der Waals surface area contributed by atoms with Crippen LogP contribution in [0.1, 0.15) is 128 Å². The van der Waals surface area contributed by atoms with Gasteiger partial charge in [0, 0.05) is 12.8 Å². The van der Waals surface area contributed by atoms with Crippen molar-refractivity contribution >= 4 is 6.29 Å². The number of hydrogen-bond acceptors (Lipinski definition) is 2. The molecule has 0 unspecified atom stereocenters. The van der Waals surface area contributed by atoms with Crippen LogP contribution in [0.25, 0.3) is 0 Å². The molecule has 0 amide bonds. The third-order valence-corrected chi connectivity index (χ3v) is 4.86. The fraction of sp³-hybridized carbons (Fsp3) is 0.909. The highest BCUT2D eigenvalue weighted by Gasteiger charge is 1.95. The molecule has 24 heavy (non-hydrogen) atoms. The summed E-state index contributed by atoms with van der Waals surface area (Å²) in [5.41, 5.74) is 0. The molecule has 0 aliphatic carbocycles. The summed E-state index contributed by atoms with van der Waals surface area (Å²) in [6.45, 7) is 0. The van der Waals surface area contributed by atoms with Gasteiger partial charge in [0.2, 0.25) is 0 Å². The Balaban J connectivity index is 2.95. The number of carbonyl (C=O) groups excluding carboxylic acids is 1. The maximum atomic E-state index is 10.2. The first kappa shape index (κ1) is 23.2. The average molecular weight is 336 g/mol. The molecular weight excluding hydrogens is 294 g/mol. The Morgan fingerprint density at radius 2 is 0.792 bits per heavy atom. The van der Waals surface area contributed by atoms with Crippen molar-refractivity contribution in [3.05, 3.63) is 0 Å². The molecular formula is C22H41NO. The van der Waals surface area contributed by atoms with Crippen LogP contribution in [0.4, 0.5) is 0 Å². The van der Waals surface area contributed by atoms with Gasteiger partial charge in [-0.2, -0.15) is 5.26 Å². The Kier molecular flexibility index (Phi) is 21.4. The van der Waals surface area contributed by atoms with Crippen LogP contribution >= 0.6 is 0 Å². The number of unbranched alkanes of at least 4 members (excludes halogenated alkanes) is 19. The molecule has 0 aromatic carbocycles. The fourth-order valence-electron chi connectivity index (χ4n) is 3.26. The predicted octanol–water partition coefficient (Wildman–Crippen LogP) is 7.51. The third-order valence-electron chi connectivity index (χ3n) is 4.86. The fourth-order valence-corrected chi connectivity index (χ4v) is 3.26. The van der Waals surface area contributed by atoms with E-state index in [4.69, 9.17) is 5.26 Å². The molecule has 0 aliphatic rings. The van der Waals surface area contributed by atoms with Crippen molar-refractivity contribution in [2.45, 2.75) is 128 Å². The first-order chi connectivity index (χ1) is 11.9. The Bertz CT molecular complexity index is 282. The van der Waals surface area contributed by atoms with Crippen molar-refractivity contribution in [3.8, 4) is 6.07 Å². The molecule has 140 valence electrons. The summed E-state index contributed by atoms with van der Waals surface area (Å²) in [6, 6.07) is 2.22. The molecule has 0 fully saturated rings. The lowest BCUT2D eigenvalue weighted by molar-refractivity contribution is -0.107. The standard InChI is InChI=1S/C22H41NO/c23-21-19-17-15-13-11-9-7-5-3-1-2-4-6-8-10-12-14-16-18-20-22-24/h22H,1-20H2. The maximum absolute atomic E-state index is 10.2. The van der Waals surface area contributed by atoms with Gasteiger partial charge in [0.15, 0.2) is 0 Å². The molecule has 0 rings (SSSR count). The van der Waals surface area contributed by atoms with Crippen molar-refractivity contribution < 1.29 is 4.79 Å². The second kappa shape index (κ2) is 22.2. The van der Waals surface area contributed by atoms with E-state index in [2.05, 4.69) is 6.07 Å². The number of nitrogens with zero attached hydrogens (tertiary/aromatic N) is 1. The number of nitriles is 1. The molecule has 0 atom stereocenters. The lowest BCUT2D eigenvalue weighted by Gasteiger charge is -2.03. The van der Waals surface area contributed by atoms with Gasteiger partial charge in [-0.1, -0.05) is 103 Å². The van der Waals surface area contributed by atoms with Gasteiger partial charge in [0.1, 0.15) is 6.29 Å². The smallest absolute Gasteiger partial charge is 0.119 e. The van der Waals surface area contributed by atoms with E-state index < -0.39 is 0 Å². The van der Waals surface area contributed by atoms with E-state index in [1.807, 2.05) is 0 Å². The van der Waals surface area contributed by atoms with Crippen molar-refractivity contribution in [1.29, 1.82) is 5.26 Å². The van der Waals surface area contributed by atoms with Crippen LogP contribution < -0.4 is 0 Å². The van der Waals surface area contributed by atoms with Crippen LogP contribution in [-0.4, -0.2) is 6.29 Å². The van der Waals surface area contributed by atoms with Gasteiger partial charge in [-0.15, -0.1) is 0 Å². The zero-order valence-corrected chi connectivity index (χ0v) is 16.1. The summed E-state index contributed by atoms with van der Waals surface area (Å²) in [5.74, 6) is 0. The Labute approximate surface area is 151 Å². The van der Waals surface area contributed by atoms with E-state index >= 15 is 0 Å². The first-order valence-corrected chi connectivity index (χ1v) is 10.7. The Hall–Kier alpha value is -0.840. The van der Waals surface area contributed by atoms with Gasteiger partial charge < -0.3 is 4.79 Å². The van der Waals surface area contributed by atoms with Crippen molar-refractivity contribution in [1.82, 2.24) is 0 Å². The molecule has 0 bridgehead atoms. The van der Waals surface area contributed by atoms with Gasteiger partial charge in [0.25, 0.3) is 0 Å². The number of aldehydes is 1. The van der Waals surface area contributed by atoms with Crippen LogP contribution in [0.5, 0.6) is 0 Å². The third kappa shape index (κ3) is 21.2. The maximum Gasteiger partial charge on any atom is 0.119 e. The summed E-state index contributed by atoms with van der Waals surface area (Å²) in [7, 11) is 0. The van der Waals surface area contributed by atoms with Gasteiger partial charge in [-0.05, 0) is 12.8 Å². The van der Waals surface area contributed by atoms with Gasteiger partial charge in [-0.25, -0.2) is 0 Å². The zero-order valence-electron chi connectivity index (χ0n) is 16.1. The second-order valence-corrected chi connectivity index (χ2v) is 7.23. The summed E-state index contributed by atoms with van der Waals surface area (Å²) in [5, 5.41) is 8.46. The highest BCUT2D eigenvalue weighted by atomic mass is 16.1. The predicted molar refractivity (Wildman–Crippen MR) is 104 cm³/mol. The topological polar surface area (TPSA) is 40.9 Å². The van der Waals surface area contributed by atoms with Crippen molar-refractivity contribution in [3.63, 3.8) is 0 Å². The van der Waals surface area contributed by atoms with E-state index in [1.165, 1.54) is 103 Å². The molecule has 0 aliphatic heterocycles. The van der Waals surface area contributed by atoms with Gasteiger partial charge >= 0.3 is 0 Å². The van der Waals surface area contributed by atoms with E-state index in [0.29, 0.717) is 0 Å². The first-order valence-electron chi connectivity index (χ1n) is 10.7. The number of hydrogen-bond donors (Lipinski definition) is 0. The van der Waals surface area contributed by atoms with Gasteiger partial charge in [0.05, 0.1) is 6.07 Å². The molecule has 0 aromatic heterocycles. The molecule has 0 heterocycles. The monoisotopic (exact) mass is 335 g/mol. The number of rotatable bonds is 20. The van der Waals surface area contributed by atoms with E-state index in [9.17, 15) is 4.79 Å². The molecule has 0 saturated heterocycles. The highest BCUT2D eigenvalue weighted by molar-refractivity contribution is 5.48. The molecule has 0 radical (unpaired) electrons. The molecule has 2 nitrogen and oxygen atoms in total. The average Bonchev–Trinajstić information content (AvgIpc) is 2.60. The van der Waals surface area contributed by atoms with Crippen LogP contribution in [0, 0.1) is 11.3 Å². The quantitative estimate of drug-likeness (QED) is 0.170. The highest BCUT2D eigenvalue weighted by Crippen LogP contribution is 2.14. The minimum Gasteiger partial charge on any atom is -0.303 e.